The second-order valence-electron chi connectivity index (χ2n) is 6.65. The highest BCUT2D eigenvalue weighted by molar-refractivity contribution is 6.30. The summed E-state index contributed by atoms with van der Waals surface area (Å²) in [5.74, 6) is 0.581. The maximum absolute atomic E-state index is 6.08. The molecule has 0 heterocycles. The van der Waals surface area contributed by atoms with Crippen molar-refractivity contribution in [2.24, 2.45) is 5.92 Å². The molecule has 0 aliphatic carbocycles. The third-order valence-corrected chi connectivity index (χ3v) is 3.57. The molecule has 1 rings (SSSR count). The van der Waals surface area contributed by atoms with Gasteiger partial charge in [-0.15, -0.1) is 0 Å². The zero-order chi connectivity index (χ0) is 15.7. The topological polar surface area (TPSA) is 21.3 Å². The molecule has 1 N–H and O–H groups in total. The van der Waals surface area contributed by atoms with E-state index >= 15 is 0 Å². The summed E-state index contributed by atoms with van der Waals surface area (Å²) in [6, 6.07) is 8.18. The van der Waals surface area contributed by atoms with E-state index in [1.54, 1.807) is 0 Å². The number of rotatable bonds is 9. The van der Waals surface area contributed by atoms with Crippen LogP contribution in [0.25, 0.3) is 0 Å². The minimum absolute atomic E-state index is 0.0581. The molecule has 0 saturated carbocycles. The molecule has 3 heteroatoms. The Hall–Kier alpha value is -0.570. The first-order valence-electron chi connectivity index (χ1n) is 8.00. The van der Waals surface area contributed by atoms with Crippen LogP contribution in [0.5, 0.6) is 0 Å². The average molecular weight is 312 g/mol. The third kappa shape index (κ3) is 9.13. The van der Waals surface area contributed by atoms with Crippen molar-refractivity contribution in [2.45, 2.75) is 52.6 Å². The van der Waals surface area contributed by atoms with Crippen LogP contribution in [0, 0.1) is 5.92 Å². The Morgan fingerprint density at radius 3 is 2.67 bits per heavy atom. The molecular weight excluding hydrogens is 282 g/mol. The van der Waals surface area contributed by atoms with Crippen LogP contribution in [-0.4, -0.2) is 25.3 Å². The van der Waals surface area contributed by atoms with Crippen LogP contribution in [0.1, 0.15) is 46.1 Å². The lowest BCUT2D eigenvalue weighted by molar-refractivity contribution is -0.00919. The van der Waals surface area contributed by atoms with Crippen LogP contribution >= 0.6 is 11.6 Å². The Morgan fingerprint density at radius 2 is 2.05 bits per heavy atom. The van der Waals surface area contributed by atoms with E-state index in [0.717, 1.165) is 37.6 Å². The van der Waals surface area contributed by atoms with Gasteiger partial charge in [0.05, 0.1) is 5.60 Å². The van der Waals surface area contributed by atoms with Crippen LogP contribution in [0.4, 0.5) is 0 Å². The fraction of sp³-hybridized carbons (Fsp3) is 0.667. The van der Waals surface area contributed by atoms with Crippen molar-refractivity contribution >= 4 is 11.6 Å². The number of ether oxygens (including phenoxy) is 1. The average Bonchev–Trinajstić information content (AvgIpc) is 2.37. The van der Waals surface area contributed by atoms with Crippen LogP contribution in [0.3, 0.4) is 0 Å². The molecule has 1 atom stereocenters. The van der Waals surface area contributed by atoms with E-state index < -0.39 is 0 Å². The highest BCUT2D eigenvalue weighted by atomic mass is 35.5. The fourth-order valence-electron chi connectivity index (χ4n) is 2.29. The smallest absolute Gasteiger partial charge is 0.0598 e. The van der Waals surface area contributed by atoms with Gasteiger partial charge < -0.3 is 10.1 Å². The SMILES string of the molecule is CCCNCC(CCOC(C)(C)C)Cc1cccc(Cl)c1. The molecule has 0 aromatic heterocycles. The molecule has 0 radical (unpaired) electrons. The van der Waals surface area contributed by atoms with Crippen molar-refractivity contribution in [3.8, 4) is 0 Å². The van der Waals surface area contributed by atoms with Crippen molar-refractivity contribution in [2.75, 3.05) is 19.7 Å². The van der Waals surface area contributed by atoms with Gasteiger partial charge in [-0.25, -0.2) is 0 Å². The van der Waals surface area contributed by atoms with Crippen LogP contribution in [-0.2, 0) is 11.2 Å². The lowest BCUT2D eigenvalue weighted by atomic mass is 9.96. The predicted octanol–water partition coefficient (Wildman–Crippen LogP) is 4.70. The van der Waals surface area contributed by atoms with Gasteiger partial charge in [0.1, 0.15) is 0 Å². The van der Waals surface area contributed by atoms with Gasteiger partial charge >= 0.3 is 0 Å². The molecule has 2 nitrogen and oxygen atoms in total. The molecule has 0 bridgehead atoms. The van der Waals surface area contributed by atoms with Crippen molar-refractivity contribution < 1.29 is 4.74 Å². The van der Waals surface area contributed by atoms with Gasteiger partial charge in [0.2, 0.25) is 0 Å². The molecule has 0 amide bonds. The van der Waals surface area contributed by atoms with E-state index in [1.807, 2.05) is 12.1 Å². The summed E-state index contributed by atoms with van der Waals surface area (Å²) in [6.45, 7) is 11.4. The quantitative estimate of drug-likeness (QED) is 0.667. The lowest BCUT2D eigenvalue weighted by Crippen LogP contribution is -2.27. The zero-order valence-electron chi connectivity index (χ0n) is 13.9. The number of hydrogen-bond acceptors (Lipinski definition) is 2. The third-order valence-electron chi connectivity index (χ3n) is 3.33. The minimum atomic E-state index is -0.0581. The van der Waals surface area contributed by atoms with Crippen LogP contribution < -0.4 is 5.32 Å². The summed E-state index contributed by atoms with van der Waals surface area (Å²) in [5, 5.41) is 4.35. The van der Waals surface area contributed by atoms with Gasteiger partial charge in [-0.2, -0.15) is 0 Å². The monoisotopic (exact) mass is 311 g/mol. The zero-order valence-corrected chi connectivity index (χ0v) is 14.7. The Kier molecular flexibility index (Phi) is 8.31. The Bertz CT molecular complexity index is 400. The van der Waals surface area contributed by atoms with E-state index in [0.29, 0.717) is 5.92 Å². The first-order chi connectivity index (χ1) is 9.90. The fourth-order valence-corrected chi connectivity index (χ4v) is 2.50. The first-order valence-corrected chi connectivity index (χ1v) is 8.37. The van der Waals surface area contributed by atoms with E-state index in [2.05, 4.69) is 45.1 Å². The van der Waals surface area contributed by atoms with Crippen molar-refractivity contribution in [3.63, 3.8) is 0 Å². The summed E-state index contributed by atoms with van der Waals surface area (Å²) in [4.78, 5) is 0. The highest BCUT2D eigenvalue weighted by Crippen LogP contribution is 2.17. The normalized spacial score (nSPS) is 13.4. The standard InChI is InChI=1S/C18H30ClNO/c1-5-10-20-14-16(9-11-21-18(2,3)4)12-15-7-6-8-17(19)13-15/h6-8,13,16,20H,5,9-12,14H2,1-4H3. The maximum Gasteiger partial charge on any atom is 0.0598 e. The van der Waals surface area contributed by atoms with E-state index in [-0.39, 0.29) is 5.60 Å². The lowest BCUT2D eigenvalue weighted by Gasteiger charge is -2.23. The molecule has 0 saturated heterocycles. The van der Waals surface area contributed by atoms with Gasteiger partial charge in [-0.1, -0.05) is 30.7 Å². The number of halogens is 1. The Labute approximate surface area is 135 Å². The number of nitrogens with one attached hydrogen (secondary N) is 1. The van der Waals surface area contributed by atoms with Crippen molar-refractivity contribution in [1.29, 1.82) is 0 Å². The number of benzene rings is 1. The van der Waals surface area contributed by atoms with E-state index in [4.69, 9.17) is 16.3 Å². The Morgan fingerprint density at radius 1 is 1.29 bits per heavy atom. The summed E-state index contributed by atoms with van der Waals surface area (Å²) in [6.07, 6.45) is 3.29. The Balaban J connectivity index is 2.50. The minimum Gasteiger partial charge on any atom is -0.376 e. The van der Waals surface area contributed by atoms with Crippen LogP contribution in [0.15, 0.2) is 24.3 Å². The molecule has 0 spiro atoms. The molecule has 0 aliphatic rings. The second kappa shape index (κ2) is 9.45. The van der Waals surface area contributed by atoms with Crippen molar-refractivity contribution in [3.05, 3.63) is 34.9 Å². The molecule has 1 aromatic carbocycles. The molecular formula is C18H30ClNO. The predicted molar refractivity (Wildman–Crippen MR) is 92.1 cm³/mol. The molecule has 1 unspecified atom stereocenters. The highest BCUT2D eigenvalue weighted by Gasteiger charge is 2.14. The van der Waals surface area contributed by atoms with E-state index in [9.17, 15) is 0 Å². The summed E-state index contributed by atoms with van der Waals surface area (Å²) in [7, 11) is 0. The summed E-state index contributed by atoms with van der Waals surface area (Å²) < 4.78 is 5.87. The second-order valence-corrected chi connectivity index (χ2v) is 7.09. The van der Waals surface area contributed by atoms with Crippen molar-refractivity contribution in [1.82, 2.24) is 5.32 Å². The summed E-state index contributed by atoms with van der Waals surface area (Å²) >= 11 is 6.08. The number of hydrogen-bond donors (Lipinski definition) is 1. The molecule has 21 heavy (non-hydrogen) atoms. The van der Waals surface area contributed by atoms with Gasteiger partial charge in [0.15, 0.2) is 0 Å². The van der Waals surface area contributed by atoms with Crippen LogP contribution in [0.2, 0.25) is 5.02 Å². The van der Waals surface area contributed by atoms with E-state index in [1.165, 1.54) is 12.0 Å². The van der Waals surface area contributed by atoms with Gasteiger partial charge in [-0.05, 0) is 76.7 Å². The van der Waals surface area contributed by atoms with Gasteiger partial charge in [-0.3, -0.25) is 0 Å². The van der Waals surface area contributed by atoms with Gasteiger partial charge in [0.25, 0.3) is 0 Å². The summed E-state index contributed by atoms with van der Waals surface area (Å²) in [5.41, 5.74) is 1.25. The molecule has 120 valence electrons. The molecule has 1 aromatic rings. The molecule has 0 fully saturated rings. The largest absolute Gasteiger partial charge is 0.376 e. The molecule has 0 aliphatic heterocycles. The van der Waals surface area contributed by atoms with Gasteiger partial charge in [0, 0.05) is 11.6 Å². The maximum atomic E-state index is 6.08. The first kappa shape index (κ1) is 18.5.